The Bertz CT molecular complexity index is 97.2. The van der Waals surface area contributed by atoms with Crippen LogP contribution in [-0.2, 0) is 0 Å². The van der Waals surface area contributed by atoms with Gasteiger partial charge in [-0.3, -0.25) is 0 Å². The first-order valence-electron chi connectivity index (χ1n) is 5.23. The van der Waals surface area contributed by atoms with Gasteiger partial charge >= 0.3 is 0 Å². The van der Waals surface area contributed by atoms with Gasteiger partial charge in [-0.05, 0) is 39.3 Å². The minimum Gasteiger partial charge on any atom is -0.317 e. The summed E-state index contributed by atoms with van der Waals surface area (Å²) in [6.07, 6.45) is 11.1. The predicted octanol–water partition coefficient (Wildman–Crippen LogP) is 3.12. The van der Waals surface area contributed by atoms with Crippen LogP contribution >= 0.6 is 0 Å². The summed E-state index contributed by atoms with van der Waals surface area (Å²) in [5, 5.41) is 3.34. The van der Waals surface area contributed by atoms with E-state index in [-0.39, 0.29) is 0 Å². The number of allylic oxidation sites excluding steroid dienone is 2. The zero-order chi connectivity index (χ0) is 9.07. The van der Waals surface area contributed by atoms with E-state index in [0.29, 0.717) is 0 Å². The van der Waals surface area contributed by atoms with Gasteiger partial charge in [-0.1, -0.05) is 31.9 Å². The van der Waals surface area contributed by atoms with Crippen molar-refractivity contribution in [1.82, 2.24) is 5.32 Å². The quantitative estimate of drug-likeness (QED) is 0.435. The molecule has 0 aliphatic heterocycles. The first-order valence-corrected chi connectivity index (χ1v) is 5.23. The van der Waals surface area contributed by atoms with Gasteiger partial charge in [0.05, 0.1) is 0 Å². The minimum absolute atomic E-state index is 1.11. The van der Waals surface area contributed by atoms with Crippen LogP contribution < -0.4 is 5.32 Å². The van der Waals surface area contributed by atoms with Crippen LogP contribution in [0.2, 0.25) is 0 Å². The van der Waals surface area contributed by atoms with Crippen molar-refractivity contribution in [3.8, 4) is 0 Å². The van der Waals surface area contributed by atoms with Crippen LogP contribution in [0.25, 0.3) is 0 Å². The second-order valence-corrected chi connectivity index (χ2v) is 3.13. The Balaban J connectivity index is 2.81. The molecule has 0 radical (unpaired) electrons. The lowest BCUT2D eigenvalue weighted by Gasteiger charge is -2.00. The lowest BCUT2D eigenvalue weighted by atomic mass is 10.1. The van der Waals surface area contributed by atoms with Gasteiger partial charge in [-0.25, -0.2) is 0 Å². The average Bonchev–Trinajstić information content (AvgIpc) is 2.10. The molecule has 0 aromatic heterocycles. The van der Waals surface area contributed by atoms with Crippen molar-refractivity contribution in [3.05, 3.63) is 12.2 Å². The predicted molar refractivity (Wildman–Crippen MR) is 56.4 cm³/mol. The number of unbranched alkanes of at least 4 members (excludes halogenated alkanes) is 4. The van der Waals surface area contributed by atoms with E-state index in [2.05, 4.69) is 31.3 Å². The Labute approximate surface area is 77.2 Å². The maximum atomic E-state index is 3.34. The van der Waals surface area contributed by atoms with Gasteiger partial charge in [0.2, 0.25) is 0 Å². The highest BCUT2D eigenvalue weighted by Gasteiger charge is 1.87. The molecule has 1 heteroatoms. The van der Waals surface area contributed by atoms with E-state index in [1.165, 1.54) is 38.6 Å². The van der Waals surface area contributed by atoms with Crippen molar-refractivity contribution in [2.45, 2.75) is 46.0 Å². The topological polar surface area (TPSA) is 12.0 Å². The largest absolute Gasteiger partial charge is 0.317 e. The first-order chi connectivity index (χ1) is 5.91. The Morgan fingerprint density at radius 3 is 2.50 bits per heavy atom. The lowest BCUT2D eigenvalue weighted by Crippen LogP contribution is -2.13. The molecule has 0 unspecified atom stereocenters. The number of nitrogens with one attached hydrogen (secondary N) is 1. The molecule has 12 heavy (non-hydrogen) atoms. The highest BCUT2D eigenvalue weighted by atomic mass is 14.8. The number of hydrogen-bond donors (Lipinski definition) is 1. The minimum atomic E-state index is 1.11. The van der Waals surface area contributed by atoms with E-state index in [1.54, 1.807) is 0 Å². The van der Waals surface area contributed by atoms with Gasteiger partial charge in [0.25, 0.3) is 0 Å². The summed E-state index contributed by atoms with van der Waals surface area (Å²) in [4.78, 5) is 0. The highest BCUT2D eigenvalue weighted by molar-refractivity contribution is 4.76. The molecule has 0 saturated heterocycles. The fourth-order valence-electron chi connectivity index (χ4n) is 1.21. The average molecular weight is 169 g/mol. The molecule has 0 aromatic carbocycles. The van der Waals surface area contributed by atoms with E-state index in [9.17, 15) is 0 Å². The van der Waals surface area contributed by atoms with Crippen molar-refractivity contribution in [2.75, 3.05) is 13.1 Å². The fourth-order valence-corrected chi connectivity index (χ4v) is 1.21. The second-order valence-electron chi connectivity index (χ2n) is 3.13. The molecular formula is C11H23N. The van der Waals surface area contributed by atoms with Gasteiger partial charge in [-0.15, -0.1) is 0 Å². The van der Waals surface area contributed by atoms with Crippen LogP contribution in [0.5, 0.6) is 0 Å². The Morgan fingerprint density at radius 1 is 1.08 bits per heavy atom. The summed E-state index contributed by atoms with van der Waals surface area (Å²) in [5.41, 5.74) is 0. The molecular weight excluding hydrogens is 146 g/mol. The molecule has 0 aromatic rings. The van der Waals surface area contributed by atoms with E-state index >= 15 is 0 Å². The molecule has 1 N–H and O–H groups in total. The molecule has 0 aliphatic rings. The number of rotatable bonds is 8. The van der Waals surface area contributed by atoms with Crippen molar-refractivity contribution in [3.63, 3.8) is 0 Å². The zero-order valence-corrected chi connectivity index (χ0v) is 8.60. The smallest absolute Gasteiger partial charge is 0.00490 e. The maximum Gasteiger partial charge on any atom is -0.00490 e. The Hall–Kier alpha value is -0.300. The summed E-state index contributed by atoms with van der Waals surface area (Å²) in [6.45, 7) is 6.55. The van der Waals surface area contributed by atoms with Crippen LogP contribution in [0, 0.1) is 0 Å². The van der Waals surface area contributed by atoms with Gasteiger partial charge in [0.15, 0.2) is 0 Å². The van der Waals surface area contributed by atoms with Crippen molar-refractivity contribution < 1.29 is 0 Å². The van der Waals surface area contributed by atoms with Crippen molar-refractivity contribution in [1.29, 1.82) is 0 Å². The molecule has 0 bridgehead atoms. The summed E-state index contributed by atoms with van der Waals surface area (Å²) in [5.74, 6) is 0. The third-order valence-electron chi connectivity index (χ3n) is 1.96. The molecule has 0 saturated carbocycles. The SMILES string of the molecule is C/C=C/CCCCCCNCC. The molecule has 0 aliphatic carbocycles. The molecule has 72 valence electrons. The Kier molecular flexibility index (Phi) is 10.4. The van der Waals surface area contributed by atoms with Gasteiger partial charge in [-0.2, -0.15) is 0 Å². The second kappa shape index (κ2) is 10.7. The summed E-state index contributed by atoms with van der Waals surface area (Å²) in [6, 6.07) is 0. The van der Waals surface area contributed by atoms with Gasteiger partial charge in [0, 0.05) is 0 Å². The summed E-state index contributed by atoms with van der Waals surface area (Å²) >= 11 is 0. The summed E-state index contributed by atoms with van der Waals surface area (Å²) < 4.78 is 0. The van der Waals surface area contributed by atoms with Crippen LogP contribution in [0.15, 0.2) is 12.2 Å². The van der Waals surface area contributed by atoms with E-state index in [1.807, 2.05) is 0 Å². The normalized spacial score (nSPS) is 11.2. The fraction of sp³-hybridized carbons (Fsp3) is 0.818. The summed E-state index contributed by atoms with van der Waals surface area (Å²) in [7, 11) is 0. The third kappa shape index (κ3) is 9.70. The zero-order valence-electron chi connectivity index (χ0n) is 8.60. The van der Waals surface area contributed by atoms with Gasteiger partial charge in [0.1, 0.15) is 0 Å². The van der Waals surface area contributed by atoms with Crippen LogP contribution in [-0.4, -0.2) is 13.1 Å². The molecule has 0 heterocycles. The standard InChI is InChI=1S/C11H23N/c1-3-5-6-7-8-9-10-11-12-4-2/h3,5,12H,4,6-11H2,1-2H3/b5-3+. The van der Waals surface area contributed by atoms with E-state index in [4.69, 9.17) is 0 Å². The van der Waals surface area contributed by atoms with Gasteiger partial charge < -0.3 is 5.32 Å². The lowest BCUT2D eigenvalue weighted by molar-refractivity contribution is 0.601. The van der Waals surface area contributed by atoms with Crippen molar-refractivity contribution in [2.24, 2.45) is 0 Å². The molecule has 1 nitrogen and oxygen atoms in total. The van der Waals surface area contributed by atoms with E-state index < -0.39 is 0 Å². The van der Waals surface area contributed by atoms with Crippen LogP contribution in [0.1, 0.15) is 46.0 Å². The molecule has 0 amide bonds. The molecule has 0 spiro atoms. The number of hydrogen-bond acceptors (Lipinski definition) is 1. The van der Waals surface area contributed by atoms with E-state index in [0.717, 1.165) is 6.54 Å². The Morgan fingerprint density at radius 2 is 1.83 bits per heavy atom. The molecule has 0 rings (SSSR count). The van der Waals surface area contributed by atoms with Crippen molar-refractivity contribution >= 4 is 0 Å². The molecule has 0 atom stereocenters. The molecule has 0 fully saturated rings. The highest BCUT2D eigenvalue weighted by Crippen LogP contribution is 2.02. The maximum absolute atomic E-state index is 3.34. The first kappa shape index (κ1) is 11.7. The monoisotopic (exact) mass is 169 g/mol. The van der Waals surface area contributed by atoms with Crippen LogP contribution in [0.4, 0.5) is 0 Å². The van der Waals surface area contributed by atoms with Crippen LogP contribution in [0.3, 0.4) is 0 Å². The third-order valence-corrected chi connectivity index (χ3v) is 1.96.